The molecule has 0 bridgehead atoms. The van der Waals surface area contributed by atoms with Crippen LogP contribution in [0, 0.1) is 5.41 Å². The number of hydrogen-bond donors (Lipinski definition) is 2. The lowest BCUT2D eigenvalue weighted by Gasteiger charge is -2.36. The molecular formula is C13H28N2O2. The zero-order valence-corrected chi connectivity index (χ0v) is 11.5. The third-order valence-corrected chi connectivity index (χ3v) is 3.49. The van der Waals surface area contributed by atoms with Crippen molar-refractivity contribution in [3.8, 4) is 0 Å². The van der Waals surface area contributed by atoms with Crippen molar-refractivity contribution < 1.29 is 9.84 Å². The second-order valence-electron chi connectivity index (χ2n) is 5.98. The Morgan fingerprint density at radius 1 is 1.41 bits per heavy atom. The van der Waals surface area contributed by atoms with Crippen molar-refractivity contribution in [2.45, 2.75) is 45.8 Å². The summed E-state index contributed by atoms with van der Waals surface area (Å²) in [5.74, 6) is 0. The monoisotopic (exact) mass is 244 g/mol. The van der Waals surface area contributed by atoms with Crippen LogP contribution in [0.1, 0.15) is 33.6 Å². The zero-order valence-electron chi connectivity index (χ0n) is 11.5. The van der Waals surface area contributed by atoms with E-state index in [9.17, 15) is 0 Å². The lowest BCUT2D eigenvalue weighted by molar-refractivity contribution is -0.0955. The van der Waals surface area contributed by atoms with E-state index >= 15 is 0 Å². The van der Waals surface area contributed by atoms with E-state index in [0.717, 1.165) is 39.0 Å². The summed E-state index contributed by atoms with van der Waals surface area (Å²) in [5.41, 5.74) is 5.97. The first-order chi connectivity index (χ1) is 7.96. The van der Waals surface area contributed by atoms with Gasteiger partial charge in [-0.25, -0.2) is 0 Å². The molecule has 1 rings (SSSR count). The molecule has 0 aromatic carbocycles. The van der Waals surface area contributed by atoms with Gasteiger partial charge >= 0.3 is 0 Å². The highest BCUT2D eigenvalue weighted by Crippen LogP contribution is 2.21. The van der Waals surface area contributed by atoms with Crippen molar-refractivity contribution >= 4 is 0 Å². The van der Waals surface area contributed by atoms with Crippen molar-refractivity contribution in [3.63, 3.8) is 0 Å². The number of aliphatic hydroxyl groups is 1. The molecule has 17 heavy (non-hydrogen) atoms. The third kappa shape index (κ3) is 5.34. The molecule has 0 aliphatic carbocycles. The predicted octanol–water partition coefficient (Wildman–Crippen LogP) is 0.833. The Balaban J connectivity index is 2.26. The predicted molar refractivity (Wildman–Crippen MR) is 69.9 cm³/mol. The highest BCUT2D eigenvalue weighted by molar-refractivity contribution is 4.76. The molecule has 1 aliphatic heterocycles. The molecule has 2 atom stereocenters. The van der Waals surface area contributed by atoms with Gasteiger partial charge in [0.25, 0.3) is 0 Å². The maximum atomic E-state index is 9.15. The summed E-state index contributed by atoms with van der Waals surface area (Å²) in [7, 11) is 0. The van der Waals surface area contributed by atoms with Crippen LogP contribution in [-0.2, 0) is 4.74 Å². The van der Waals surface area contributed by atoms with Crippen molar-refractivity contribution in [3.05, 3.63) is 0 Å². The van der Waals surface area contributed by atoms with Crippen LogP contribution in [0.2, 0.25) is 0 Å². The van der Waals surface area contributed by atoms with Gasteiger partial charge in [-0.3, -0.25) is 4.90 Å². The quantitative estimate of drug-likeness (QED) is 0.727. The molecule has 1 heterocycles. The van der Waals surface area contributed by atoms with Crippen LogP contribution in [0.25, 0.3) is 0 Å². The first kappa shape index (κ1) is 14.9. The molecule has 0 spiro atoms. The van der Waals surface area contributed by atoms with Gasteiger partial charge in [0, 0.05) is 13.1 Å². The molecule has 1 saturated heterocycles. The average Bonchev–Trinajstić information content (AvgIpc) is 2.28. The number of aliphatic hydroxyl groups excluding tert-OH is 1. The smallest absolute Gasteiger partial charge is 0.0936 e. The maximum Gasteiger partial charge on any atom is 0.0936 e. The van der Waals surface area contributed by atoms with Crippen molar-refractivity contribution in [1.29, 1.82) is 0 Å². The van der Waals surface area contributed by atoms with E-state index in [1.165, 1.54) is 0 Å². The minimum atomic E-state index is -0.0127. The number of rotatable bonds is 6. The summed E-state index contributed by atoms with van der Waals surface area (Å²) in [5, 5.41) is 9.15. The molecule has 0 radical (unpaired) electrons. The minimum Gasteiger partial charge on any atom is -0.394 e. The van der Waals surface area contributed by atoms with E-state index in [1.807, 2.05) is 0 Å². The van der Waals surface area contributed by atoms with Crippen LogP contribution in [0.4, 0.5) is 0 Å². The van der Waals surface area contributed by atoms with Gasteiger partial charge < -0.3 is 15.6 Å². The SMILES string of the molecule is CC1CN(CCCC(C)(C)CN)CC(CO)O1. The molecule has 0 amide bonds. The molecular weight excluding hydrogens is 216 g/mol. The Hall–Kier alpha value is -0.160. The molecule has 4 heteroatoms. The van der Waals surface area contributed by atoms with E-state index in [4.69, 9.17) is 15.6 Å². The lowest BCUT2D eigenvalue weighted by atomic mass is 9.88. The van der Waals surface area contributed by atoms with Gasteiger partial charge in [0.2, 0.25) is 0 Å². The van der Waals surface area contributed by atoms with Gasteiger partial charge in [-0.2, -0.15) is 0 Å². The van der Waals surface area contributed by atoms with Crippen LogP contribution in [0.5, 0.6) is 0 Å². The van der Waals surface area contributed by atoms with Crippen LogP contribution in [0.15, 0.2) is 0 Å². The van der Waals surface area contributed by atoms with Crippen LogP contribution in [-0.4, -0.2) is 55.0 Å². The van der Waals surface area contributed by atoms with Crippen LogP contribution >= 0.6 is 0 Å². The van der Waals surface area contributed by atoms with Gasteiger partial charge in [-0.05, 0) is 38.3 Å². The summed E-state index contributed by atoms with van der Waals surface area (Å²) in [4.78, 5) is 2.39. The topological polar surface area (TPSA) is 58.7 Å². The largest absolute Gasteiger partial charge is 0.394 e. The number of ether oxygens (including phenoxy) is 1. The van der Waals surface area contributed by atoms with E-state index < -0.39 is 0 Å². The summed E-state index contributed by atoms with van der Waals surface area (Å²) in [6, 6.07) is 0. The van der Waals surface area contributed by atoms with Crippen molar-refractivity contribution in [2.24, 2.45) is 11.1 Å². The molecule has 3 N–H and O–H groups in total. The van der Waals surface area contributed by atoms with Crippen LogP contribution in [0.3, 0.4) is 0 Å². The Morgan fingerprint density at radius 2 is 2.12 bits per heavy atom. The Morgan fingerprint density at radius 3 is 2.71 bits per heavy atom. The fourth-order valence-corrected chi connectivity index (χ4v) is 2.31. The van der Waals surface area contributed by atoms with Gasteiger partial charge in [-0.1, -0.05) is 13.8 Å². The summed E-state index contributed by atoms with van der Waals surface area (Å²) in [6.45, 7) is 10.3. The van der Waals surface area contributed by atoms with Gasteiger partial charge in [0.1, 0.15) is 0 Å². The molecule has 102 valence electrons. The van der Waals surface area contributed by atoms with Gasteiger partial charge in [-0.15, -0.1) is 0 Å². The molecule has 2 unspecified atom stereocenters. The Bertz CT molecular complexity index is 221. The highest BCUT2D eigenvalue weighted by atomic mass is 16.5. The molecule has 0 aromatic rings. The van der Waals surface area contributed by atoms with E-state index in [1.54, 1.807) is 0 Å². The standard InChI is InChI=1S/C13H28N2O2/c1-11-7-15(8-12(9-16)17-11)6-4-5-13(2,3)10-14/h11-12,16H,4-10,14H2,1-3H3. The molecule has 0 saturated carbocycles. The second-order valence-corrected chi connectivity index (χ2v) is 5.98. The minimum absolute atomic E-state index is 0.0127. The first-order valence-corrected chi connectivity index (χ1v) is 6.65. The normalized spacial score (nSPS) is 27.4. The summed E-state index contributed by atoms with van der Waals surface area (Å²) < 4.78 is 5.62. The second kappa shape index (κ2) is 6.69. The molecule has 1 aliphatic rings. The lowest BCUT2D eigenvalue weighted by Crippen LogP contribution is -2.48. The van der Waals surface area contributed by atoms with Crippen molar-refractivity contribution in [2.75, 3.05) is 32.8 Å². The van der Waals surface area contributed by atoms with E-state index in [0.29, 0.717) is 0 Å². The fourth-order valence-electron chi connectivity index (χ4n) is 2.31. The van der Waals surface area contributed by atoms with Gasteiger partial charge in [0.15, 0.2) is 0 Å². The van der Waals surface area contributed by atoms with Gasteiger partial charge in [0.05, 0.1) is 18.8 Å². The Labute approximate surface area is 105 Å². The highest BCUT2D eigenvalue weighted by Gasteiger charge is 2.24. The number of hydrogen-bond acceptors (Lipinski definition) is 4. The van der Waals surface area contributed by atoms with Crippen LogP contribution < -0.4 is 5.73 Å². The van der Waals surface area contributed by atoms with E-state index in [2.05, 4.69) is 25.7 Å². The fraction of sp³-hybridized carbons (Fsp3) is 1.00. The summed E-state index contributed by atoms with van der Waals surface area (Å²) in [6.07, 6.45) is 2.53. The van der Waals surface area contributed by atoms with E-state index in [-0.39, 0.29) is 24.2 Å². The summed E-state index contributed by atoms with van der Waals surface area (Å²) >= 11 is 0. The number of morpholine rings is 1. The molecule has 1 fully saturated rings. The molecule has 4 nitrogen and oxygen atoms in total. The maximum absolute atomic E-state index is 9.15. The average molecular weight is 244 g/mol. The molecule has 0 aromatic heterocycles. The Kier molecular flexibility index (Phi) is 5.86. The zero-order chi connectivity index (χ0) is 12.9. The number of nitrogens with two attached hydrogens (primary N) is 1. The number of nitrogens with zero attached hydrogens (tertiary/aromatic N) is 1. The third-order valence-electron chi connectivity index (χ3n) is 3.49. The first-order valence-electron chi connectivity index (χ1n) is 6.65. The van der Waals surface area contributed by atoms with Crippen molar-refractivity contribution in [1.82, 2.24) is 4.90 Å².